The van der Waals surface area contributed by atoms with E-state index in [0.717, 1.165) is 0 Å². The molecule has 1 aliphatic heterocycles. The molecule has 0 bridgehead atoms. The topological polar surface area (TPSA) is 61.8 Å². The van der Waals surface area contributed by atoms with Crippen molar-refractivity contribution >= 4 is 11.9 Å². The SMILES string of the molecule is CC(=O)OC1C=CC(OC(C)=O)O1. The van der Waals surface area contributed by atoms with Crippen molar-refractivity contribution in [3.63, 3.8) is 0 Å². The molecule has 0 N–H and O–H groups in total. The molecule has 0 amide bonds. The molecule has 0 aliphatic carbocycles. The van der Waals surface area contributed by atoms with Gasteiger partial charge in [0.15, 0.2) is 0 Å². The van der Waals surface area contributed by atoms with Gasteiger partial charge in [0.1, 0.15) is 0 Å². The highest BCUT2D eigenvalue weighted by Crippen LogP contribution is 2.13. The van der Waals surface area contributed by atoms with Crippen LogP contribution in [0.25, 0.3) is 0 Å². The Labute approximate surface area is 75.3 Å². The highest BCUT2D eigenvalue weighted by Gasteiger charge is 2.22. The van der Waals surface area contributed by atoms with Gasteiger partial charge in [-0.3, -0.25) is 14.3 Å². The Balaban J connectivity index is 2.33. The van der Waals surface area contributed by atoms with Crippen LogP contribution in [0, 0.1) is 0 Å². The van der Waals surface area contributed by atoms with Gasteiger partial charge in [-0.15, -0.1) is 0 Å². The maximum Gasteiger partial charge on any atom is 0.305 e. The Kier molecular flexibility index (Phi) is 3.02. The summed E-state index contributed by atoms with van der Waals surface area (Å²) in [4.78, 5) is 21.0. The summed E-state index contributed by atoms with van der Waals surface area (Å²) in [6, 6.07) is 0. The predicted octanol–water partition coefficient (Wildman–Crippen LogP) is 0.351. The molecule has 0 fully saturated rings. The zero-order valence-electron chi connectivity index (χ0n) is 7.35. The first-order valence-electron chi connectivity index (χ1n) is 3.76. The number of esters is 2. The Bertz CT molecular complexity index is 221. The summed E-state index contributed by atoms with van der Waals surface area (Å²) < 4.78 is 14.4. The second kappa shape index (κ2) is 4.04. The first-order chi connectivity index (χ1) is 6.08. The fourth-order valence-corrected chi connectivity index (χ4v) is 0.866. The van der Waals surface area contributed by atoms with Crippen LogP contribution in [0.3, 0.4) is 0 Å². The van der Waals surface area contributed by atoms with Crippen molar-refractivity contribution in [3.05, 3.63) is 12.2 Å². The number of ether oxygens (including phenoxy) is 3. The monoisotopic (exact) mass is 186 g/mol. The Hall–Kier alpha value is -1.36. The van der Waals surface area contributed by atoms with E-state index in [1.807, 2.05) is 0 Å². The highest BCUT2D eigenvalue weighted by atomic mass is 16.8. The summed E-state index contributed by atoms with van der Waals surface area (Å²) >= 11 is 0. The third-order valence-electron chi connectivity index (χ3n) is 1.26. The molecule has 0 aromatic heterocycles. The molecule has 0 aromatic carbocycles. The van der Waals surface area contributed by atoms with Gasteiger partial charge in [0, 0.05) is 13.8 Å². The van der Waals surface area contributed by atoms with Crippen molar-refractivity contribution in [2.45, 2.75) is 26.4 Å². The lowest BCUT2D eigenvalue weighted by Crippen LogP contribution is -2.21. The maximum atomic E-state index is 10.5. The molecule has 0 saturated carbocycles. The van der Waals surface area contributed by atoms with E-state index >= 15 is 0 Å². The van der Waals surface area contributed by atoms with E-state index in [4.69, 9.17) is 4.74 Å². The summed E-state index contributed by atoms with van der Waals surface area (Å²) in [7, 11) is 0. The minimum atomic E-state index is -0.748. The van der Waals surface area contributed by atoms with E-state index in [1.165, 1.54) is 26.0 Å². The summed E-state index contributed by atoms with van der Waals surface area (Å²) in [5.74, 6) is -0.892. The molecule has 0 saturated heterocycles. The van der Waals surface area contributed by atoms with E-state index < -0.39 is 24.5 Å². The van der Waals surface area contributed by atoms with Crippen LogP contribution in [0.15, 0.2) is 12.2 Å². The lowest BCUT2D eigenvalue weighted by atomic mass is 10.5. The van der Waals surface area contributed by atoms with Gasteiger partial charge in [-0.25, -0.2) is 0 Å². The minimum absolute atomic E-state index is 0.446. The Morgan fingerprint density at radius 2 is 1.46 bits per heavy atom. The first kappa shape index (κ1) is 9.73. The summed E-state index contributed by atoms with van der Waals surface area (Å²) in [5.41, 5.74) is 0. The molecule has 1 heterocycles. The van der Waals surface area contributed by atoms with Crippen molar-refractivity contribution < 1.29 is 23.8 Å². The van der Waals surface area contributed by atoms with E-state index in [0.29, 0.717) is 0 Å². The molecule has 0 radical (unpaired) electrons. The van der Waals surface area contributed by atoms with E-state index in [-0.39, 0.29) is 0 Å². The fraction of sp³-hybridized carbons (Fsp3) is 0.500. The molecule has 0 aromatic rings. The van der Waals surface area contributed by atoms with Crippen LogP contribution in [0.5, 0.6) is 0 Å². The number of carbonyl (C=O) groups excluding carboxylic acids is 2. The Morgan fingerprint density at radius 1 is 1.08 bits per heavy atom. The average Bonchev–Trinajstić information content (AvgIpc) is 2.33. The van der Waals surface area contributed by atoms with Gasteiger partial charge >= 0.3 is 11.9 Å². The van der Waals surface area contributed by atoms with Gasteiger partial charge in [-0.2, -0.15) is 0 Å². The third kappa shape index (κ3) is 3.25. The molecule has 1 rings (SSSR count). The van der Waals surface area contributed by atoms with Gasteiger partial charge in [-0.1, -0.05) is 0 Å². The number of rotatable bonds is 2. The van der Waals surface area contributed by atoms with Crippen LogP contribution < -0.4 is 0 Å². The molecule has 2 unspecified atom stereocenters. The molecular weight excluding hydrogens is 176 g/mol. The number of hydrogen-bond donors (Lipinski definition) is 0. The second-order valence-corrected chi connectivity index (χ2v) is 2.48. The van der Waals surface area contributed by atoms with Crippen LogP contribution in [0.2, 0.25) is 0 Å². The van der Waals surface area contributed by atoms with Crippen molar-refractivity contribution in [1.82, 2.24) is 0 Å². The molecule has 13 heavy (non-hydrogen) atoms. The summed E-state index contributed by atoms with van der Waals surface area (Å²) in [5, 5.41) is 0. The molecular formula is C8H10O5. The lowest BCUT2D eigenvalue weighted by molar-refractivity contribution is -0.200. The lowest BCUT2D eigenvalue weighted by Gasteiger charge is -2.12. The molecule has 72 valence electrons. The summed E-state index contributed by atoms with van der Waals surface area (Å²) in [6.45, 7) is 2.55. The van der Waals surface area contributed by atoms with E-state index in [9.17, 15) is 9.59 Å². The van der Waals surface area contributed by atoms with Gasteiger partial charge in [0.25, 0.3) is 0 Å². The van der Waals surface area contributed by atoms with E-state index in [2.05, 4.69) is 9.47 Å². The quantitative estimate of drug-likeness (QED) is 0.460. The van der Waals surface area contributed by atoms with Crippen LogP contribution in [-0.2, 0) is 23.8 Å². The largest absolute Gasteiger partial charge is 0.432 e. The van der Waals surface area contributed by atoms with Gasteiger partial charge in [0.05, 0.1) is 0 Å². The van der Waals surface area contributed by atoms with Gasteiger partial charge in [0.2, 0.25) is 12.6 Å². The van der Waals surface area contributed by atoms with Gasteiger partial charge in [-0.05, 0) is 12.2 Å². The standard InChI is InChI=1S/C8H10O5/c1-5(9)11-7-3-4-8(13-7)12-6(2)10/h3-4,7-8H,1-2H3. The molecule has 0 spiro atoms. The second-order valence-electron chi connectivity index (χ2n) is 2.48. The molecule has 1 aliphatic rings. The molecule has 5 nitrogen and oxygen atoms in total. The predicted molar refractivity (Wildman–Crippen MR) is 41.3 cm³/mol. The normalized spacial score (nSPS) is 25.7. The zero-order chi connectivity index (χ0) is 9.84. The molecule has 5 heteroatoms. The van der Waals surface area contributed by atoms with Crippen LogP contribution in [-0.4, -0.2) is 24.5 Å². The smallest absolute Gasteiger partial charge is 0.305 e. The van der Waals surface area contributed by atoms with Gasteiger partial charge < -0.3 is 9.47 Å². The van der Waals surface area contributed by atoms with Crippen LogP contribution in [0.1, 0.15) is 13.8 Å². The number of hydrogen-bond acceptors (Lipinski definition) is 5. The Morgan fingerprint density at radius 3 is 1.77 bits per heavy atom. The van der Waals surface area contributed by atoms with Crippen LogP contribution in [0.4, 0.5) is 0 Å². The maximum absolute atomic E-state index is 10.5. The average molecular weight is 186 g/mol. The molecule has 2 atom stereocenters. The summed E-state index contributed by atoms with van der Waals surface area (Å²) in [6.07, 6.45) is 1.52. The van der Waals surface area contributed by atoms with Crippen LogP contribution >= 0.6 is 0 Å². The van der Waals surface area contributed by atoms with Crippen molar-refractivity contribution in [2.24, 2.45) is 0 Å². The minimum Gasteiger partial charge on any atom is -0.432 e. The van der Waals surface area contributed by atoms with Crippen molar-refractivity contribution in [2.75, 3.05) is 0 Å². The van der Waals surface area contributed by atoms with E-state index in [1.54, 1.807) is 0 Å². The van der Waals surface area contributed by atoms with Crippen molar-refractivity contribution in [1.29, 1.82) is 0 Å². The highest BCUT2D eigenvalue weighted by molar-refractivity contribution is 5.66. The van der Waals surface area contributed by atoms with Crippen molar-refractivity contribution in [3.8, 4) is 0 Å². The zero-order valence-corrected chi connectivity index (χ0v) is 7.35. The first-order valence-corrected chi connectivity index (χ1v) is 3.76. The number of carbonyl (C=O) groups is 2. The third-order valence-corrected chi connectivity index (χ3v) is 1.26. The fourth-order valence-electron chi connectivity index (χ4n) is 0.866.